The number of hydrogen-bond acceptors (Lipinski definition) is 3. The van der Waals surface area contributed by atoms with E-state index in [-0.39, 0.29) is 11.9 Å². The summed E-state index contributed by atoms with van der Waals surface area (Å²) in [5.41, 5.74) is 2.14. The van der Waals surface area contributed by atoms with Gasteiger partial charge in [0.15, 0.2) is 0 Å². The normalized spacial score (nSPS) is 15.3. The summed E-state index contributed by atoms with van der Waals surface area (Å²) in [5.74, 6) is -1.03. The predicted molar refractivity (Wildman–Crippen MR) is 81.3 cm³/mol. The molecule has 1 amide bonds. The Kier molecular flexibility index (Phi) is 4.83. The van der Waals surface area contributed by atoms with Gasteiger partial charge in [0, 0.05) is 24.7 Å². The number of carboxylic acids is 1. The number of benzene rings is 1. The van der Waals surface area contributed by atoms with Crippen molar-refractivity contribution in [2.45, 2.75) is 45.2 Å². The summed E-state index contributed by atoms with van der Waals surface area (Å²) in [6, 6.07) is 7.26. The van der Waals surface area contributed by atoms with E-state index in [9.17, 15) is 9.59 Å². The molecule has 0 bridgehead atoms. The first-order valence-electron chi connectivity index (χ1n) is 7.34. The maximum absolute atomic E-state index is 12.3. The Morgan fingerprint density at radius 2 is 2.05 bits per heavy atom. The zero-order valence-corrected chi connectivity index (χ0v) is 12.5. The van der Waals surface area contributed by atoms with Gasteiger partial charge in [0.1, 0.15) is 6.04 Å². The summed E-state index contributed by atoms with van der Waals surface area (Å²) in [5, 5.41) is 12.3. The van der Waals surface area contributed by atoms with Crippen LogP contribution in [-0.4, -0.2) is 40.5 Å². The highest BCUT2D eigenvalue weighted by Gasteiger charge is 2.37. The van der Waals surface area contributed by atoms with Gasteiger partial charge in [-0.05, 0) is 38.3 Å². The number of anilines is 1. The average Bonchev–Trinajstić information content (AvgIpc) is 3.25. The second-order valence-corrected chi connectivity index (χ2v) is 5.54. The molecule has 0 aromatic heterocycles. The lowest BCUT2D eigenvalue weighted by Crippen LogP contribution is -2.45. The van der Waals surface area contributed by atoms with Crippen LogP contribution in [0.5, 0.6) is 0 Å². The largest absolute Gasteiger partial charge is 0.480 e. The first-order chi connectivity index (χ1) is 10.0. The van der Waals surface area contributed by atoms with Gasteiger partial charge in [-0.2, -0.15) is 0 Å². The van der Waals surface area contributed by atoms with E-state index in [0.29, 0.717) is 13.0 Å². The van der Waals surface area contributed by atoms with Gasteiger partial charge in [-0.3, -0.25) is 4.79 Å². The first-order valence-corrected chi connectivity index (χ1v) is 7.34. The van der Waals surface area contributed by atoms with Crippen LogP contribution in [0.2, 0.25) is 0 Å². The molecular weight excluding hydrogens is 268 g/mol. The second kappa shape index (κ2) is 6.61. The molecule has 1 fully saturated rings. The highest BCUT2D eigenvalue weighted by Crippen LogP contribution is 2.29. The van der Waals surface area contributed by atoms with Gasteiger partial charge in [0.2, 0.25) is 5.91 Å². The molecule has 0 radical (unpaired) electrons. The summed E-state index contributed by atoms with van der Waals surface area (Å²) in [6.07, 6.45) is 2.13. The number of aliphatic carboxylic acids is 1. The van der Waals surface area contributed by atoms with Crippen molar-refractivity contribution in [3.8, 4) is 0 Å². The molecule has 1 aliphatic carbocycles. The van der Waals surface area contributed by atoms with E-state index in [1.807, 2.05) is 31.2 Å². The zero-order chi connectivity index (χ0) is 15.4. The minimum Gasteiger partial charge on any atom is -0.480 e. The van der Waals surface area contributed by atoms with Crippen LogP contribution < -0.4 is 5.32 Å². The molecule has 0 saturated heterocycles. The summed E-state index contributed by atoms with van der Waals surface area (Å²) < 4.78 is 0. The highest BCUT2D eigenvalue weighted by molar-refractivity contribution is 5.84. The molecule has 2 rings (SSSR count). The maximum Gasteiger partial charge on any atom is 0.326 e. The Balaban J connectivity index is 1.88. The van der Waals surface area contributed by atoms with Crippen molar-refractivity contribution in [3.05, 3.63) is 29.8 Å². The van der Waals surface area contributed by atoms with Gasteiger partial charge < -0.3 is 15.3 Å². The molecule has 0 spiro atoms. The van der Waals surface area contributed by atoms with Gasteiger partial charge >= 0.3 is 5.97 Å². The molecule has 1 aromatic carbocycles. The third kappa shape index (κ3) is 3.97. The number of rotatable bonds is 7. The van der Waals surface area contributed by atoms with Crippen LogP contribution in [0.3, 0.4) is 0 Å². The SMILES string of the molecule is Cc1ccccc1NCCC(=O)N(C1CC1)C(C)C(=O)O. The number of aryl methyl sites for hydroxylation is 1. The monoisotopic (exact) mass is 290 g/mol. The number of nitrogens with one attached hydrogen (secondary N) is 1. The Labute approximate surface area is 125 Å². The van der Waals surface area contributed by atoms with E-state index < -0.39 is 12.0 Å². The minimum absolute atomic E-state index is 0.0894. The standard InChI is InChI=1S/C16H22N2O3/c1-11-5-3-4-6-14(11)17-10-9-15(19)18(13-7-8-13)12(2)16(20)21/h3-6,12-13,17H,7-10H2,1-2H3,(H,20,21). The third-order valence-electron chi connectivity index (χ3n) is 3.80. The van der Waals surface area contributed by atoms with Crippen LogP contribution in [0.25, 0.3) is 0 Å². The van der Waals surface area contributed by atoms with Crippen LogP contribution in [0.15, 0.2) is 24.3 Å². The Bertz CT molecular complexity index is 526. The quantitative estimate of drug-likeness (QED) is 0.808. The van der Waals surface area contributed by atoms with Crippen LogP contribution in [0.1, 0.15) is 31.7 Å². The molecule has 1 saturated carbocycles. The van der Waals surface area contributed by atoms with Crippen molar-refractivity contribution in [1.29, 1.82) is 0 Å². The van der Waals surface area contributed by atoms with E-state index in [1.165, 1.54) is 4.90 Å². The smallest absolute Gasteiger partial charge is 0.326 e. The average molecular weight is 290 g/mol. The fourth-order valence-electron chi connectivity index (χ4n) is 2.41. The third-order valence-corrected chi connectivity index (χ3v) is 3.80. The van der Waals surface area contributed by atoms with Crippen LogP contribution in [0.4, 0.5) is 5.69 Å². The molecule has 1 aliphatic rings. The fourth-order valence-corrected chi connectivity index (χ4v) is 2.41. The number of carbonyl (C=O) groups excluding carboxylic acids is 1. The Hall–Kier alpha value is -2.04. The lowest BCUT2D eigenvalue weighted by Gasteiger charge is -2.26. The summed E-state index contributed by atoms with van der Waals surface area (Å²) in [6.45, 7) is 4.10. The molecule has 114 valence electrons. The van der Waals surface area contributed by atoms with Crippen molar-refractivity contribution in [3.63, 3.8) is 0 Å². The number of nitrogens with zero attached hydrogens (tertiary/aromatic N) is 1. The van der Waals surface area contributed by atoms with Gasteiger partial charge in [-0.25, -0.2) is 4.79 Å². The second-order valence-electron chi connectivity index (χ2n) is 5.54. The Morgan fingerprint density at radius 1 is 1.38 bits per heavy atom. The molecule has 0 heterocycles. The highest BCUT2D eigenvalue weighted by atomic mass is 16.4. The molecule has 0 aliphatic heterocycles. The van der Waals surface area contributed by atoms with Crippen molar-refractivity contribution in [2.24, 2.45) is 0 Å². The van der Waals surface area contributed by atoms with Crippen molar-refractivity contribution >= 4 is 17.6 Å². The van der Waals surface area contributed by atoms with Gasteiger partial charge in [-0.1, -0.05) is 18.2 Å². The van der Waals surface area contributed by atoms with Crippen LogP contribution >= 0.6 is 0 Å². The number of carboxylic acid groups (broad SMARTS) is 1. The van der Waals surface area contributed by atoms with Crippen molar-refractivity contribution < 1.29 is 14.7 Å². The van der Waals surface area contributed by atoms with E-state index >= 15 is 0 Å². The van der Waals surface area contributed by atoms with E-state index in [0.717, 1.165) is 24.1 Å². The van der Waals surface area contributed by atoms with Gasteiger partial charge in [0.25, 0.3) is 0 Å². The van der Waals surface area contributed by atoms with Crippen molar-refractivity contribution in [1.82, 2.24) is 4.90 Å². The van der Waals surface area contributed by atoms with Crippen LogP contribution in [-0.2, 0) is 9.59 Å². The number of para-hydroxylation sites is 1. The van der Waals surface area contributed by atoms with E-state index in [4.69, 9.17) is 5.11 Å². The number of carbonyl (C=O) groups is 2. The van der Waals surface area contributed by atoms with Crippen molar-refractivity contribution in [2.75, 3.05) is 11.9 Å². The lowest BCUT2D eigenvalue weighted by atomic mass is 10.2. The molecule has 5 nitrogen and oxygen atoms in total. The summed E-state index contributed by atoms with van der Waals surface area (Å²) in [4.78, 5) is 24.9. The molecule has 2 N–H and O–H groups in total. The van der Waals surface area contributed by atoms with E-state index in [2.05, 4.69) is 5.32 Å². The van der Waals surface area contributed by atoms with Gasteiger partial charge in [0.05, 0.1) is 0 Å². The van der Waals surface area contributed by atoms with Crippen LogP contribution in [0, 0.1) is 6.92 Å². The Morgan fingerprint density at radius 3 is 2.62 bits per heavy atom. The molecule has 1 atom stereocenters. The fraction of sp³-hybridized carbons (Fsp3) is 0.500. The topological polar surface area (TPSA) is 69.6 Å². The molecule has 5 heteroatoms. The first kappa shape index (κ1) is 15.4. The maximum atomic E-state index is 12.3. The summed E-state index contributed by atoms with van der Waals surface area (Å²) >= 11 is 0. The van der Waals surface area contributed by atoms with E-state index in [1.54, 1.807) is 6.92 Å². The number of hydrogen-bond donors (Lipinski definition) is 2. The molecular formula is C16H22N2O3. The lowest BCUT2D eigenvalue weighted by molar-refractivity contribution is -0.149. The van der Waals surface area contributed by atoms with Gasteiger partial charge in [-0.15, -0.1) is 0 Å². The number of amides is 1. The zero-order valence-electron chi connectivity index (χ0n) is 12.5. The molecule has 1 aromatic rings. The molecule has 1 unspecified atom stereocenters. The summed E-state index contributed by atoms with van der Waals surface area (Å²) in [7, 11) is 0. The molecule has 21 heavy (non-hydrogen) atoms. The minimum atomic E-state index is -0.942. The predicted octanol–water partition coefficient (Wildman–Crippen LogP) is 2.26.